The van der Waals surface area contributed by atoms with Gasteiger partial charge in [-0.25, -0.2) is 9.78 Å². The van der Waals surface area contributed by atoms with Crippen LogP contribution in [0.15, 0.2) is 71.9 Å². The molecule has 5 aliphatic heterocycles. The maximum absolute atomic E-state index is 14.1. The van der Waals surface area contributed by atoms with Gasteiger partial charge in [-0.1, -0.05) is 48.0 Å². The van der Waals surface area contributed by atoms with Crippen molar-refractivity contribution in [2.24, 2.45) is 10.9 Å². The highest BCUT2D eigenvalue weighted by molar-refractivity contribution is 7.15. The number of carbonyl (C=O) groups is 3. The van der Waals surface area contributed by atoms with Crippen molar-refractivity contribution < 1.29 is 19.1 Å². The van der Waals surface area contributed by atoms with E-state index in [2.05, 4.69) is 60.8 Å². The molecule has 5 aromatic rings. The van der Waals surface area contributed by atoms with Gasteiger partial charge in [0.1, 0.15) is 28.3 Å². The van der Waals surface area contributed by atoms with E-state index in [1.165, 1.54) is 16.0 Å². The molecule has 70 heavy (non-hydrogen) atoms. The molecule has 1 N–H and O–H groups in total. The summed E-state index contributed by atoms with van der Waals surface area (Å²) in [5, 5.41) is 13.9. The van der Waals surface area contributed by atoms with E-state index in [-0.39, 0.29) is 30.2 Å². The van der Waals surface area contributed by atoms with Gasteiger partial charge in [-0.05, 0) is 121 Å². The van der Waals surface area contributed by atoms with E-state index in [9.17, 15) is 14.4 Å². The molecule has 4 fully saturated rings. The van der Waals surface area contributed by atoms with E-state index < -0.39 is 11.6 Å². The number of ketones is 1. The molecule has 4 saturated heterocycles. The van der Waals surface area contributed by atoms with E-state index in [0.717, 1.165) is 124 Å². The average Bonchev–Trinajstić information content (AvgIpc) is 3.92. The van der Waals surface area contributed by atoms with Crippen LogP contribution in [0, 0.1) is 26.7 Å². The number of carbonyl (C=O) groups excluding carboxylic acids is 3. The van der Waals surface area contributed by atoms with Crippen molar-refractivity contribution in [2.75, 3.05) is 50.7 Å². The monoisotopic (exact) mass is 984 g/mol. The molecule has 0 aliphatic carbocycles. The van der Waals surface area contributed by atoms with Gasteiger partial charge in [-0.2, -0.15) is 0 Å². The molecule has 2 amide bonds. The second kappa shape index (κ2) is 20.0. The number of aromatic nitrogens is 4. The lowest BCUT2D eigenvalue weighted by atomic mass is 9.95. The number of aryl methyl sites for hydroxylation is 2. The van der Waals surface area contributed by atoms with Crippen LogP contribution >= 0.6 is 22.9 Å². The number of amides is 2. The third-order valence-corrected chi connectivity index (χ3v) is 16.5. The second-order valence-corrected chi connectivity index (χ2v) is 22.7. The molecule has 16 heteroatoms. The van der Waals surface area contributed by atoms with Gasteiger partial charge in [0.15, 0.2) is 11.6 Å². The number of ether oxygens (including phenoxy) is 1. The molecule has 4 atom stereocenters. The number of fused-ring (bicyclic) bond motifs is 5. The maximum atomic E-state index is 14.1. The molecule has 0 spiro atoms. The summed E-state index contributed by atoms with van der Waals surface area (Å²) >= 11 is 8.02. The minimum absolute atomic E-state index is 0.0293. The number of aliphatic imine (C=N–C) groups is 1. The first-order valence-electron chi connectivity index (χ1n) is 25.1. The first-order chi connectivity index (χ1) is 33.6. The predicted octanol–water partition coefficient (Wildman–Crippen LogP) is 8.90. The standard InChI is InChI=1S/C54H65ClN10O4S/c1-33-34(2)70-52-48(33)49(38-11-14-41(55)15-12-38)58-45(51-60-59-35(3)64(51)52)29-47(66)63-21-19-37(20-22-63)32-62-25-23-61(24-26-62)31-36-7-9-39(10-8-36)50(67)40-13-18-46(56-30-40)65-43-16-17-44(65)28-42(27-43)57-53(68)69-54(4,5)6/h7-15,18,30,37,42-45H,16-17,19-29,31-32H2,1-6H3,(H,57,68)/t42?,43-,44?,45-/m0/s1. The van der Waals surface area contributed by atoms with Crippen LogP contribution < -0.4 is 10.2 Å². The van der Waals surface area contributed by atoms with Crippen molar-refractivity contribution in [3.8, 4) is 5.00 Å². The van der Waals surface area contributed by atoms with Crippen molar-refractivity contribution in [3.05, 3.63) is 122 Å². The number of hydrogen-bond acceptors (Lipinski definition) is 12. The van der Waals surface area contributed by atoms with Crippen LogP contribution in [0.25, 0.3) is 5.00 Å². The molecule has 2 unspecified atom stereocenters. The molecular weight excluding hydrogens is 920 g/mol. The highest BCUT2D eigenvalue weighted by Gasteiger charge is 2.42. The minimum Gasteiger partial charge on any atom is -0.444 e. The Balaban J connectivity index is 0.678. The molecule has 10 rings (SSSR count). The zero-order chi connectivity index (χ0) is 48.8. The molecular formula is C54H65ClN10O4S. The molecule has 14 nitrogen and oxygen atoms in total. The molecule has 3 aromatic heterocycles. The SMILES string of the molecule is Cc1sc2c(c1C)C(c1ccc(Cl)cc1)=N[C@@H](CC(=O)N1CCC(CN3CCN(Cc4ccc(C(=O)c5ccc(N6C7CC[C@H]6CC(NC(=O)OC(C)(C)C)C7)nc5)cc4)CC3)CC1)c1nnc(C)n1-2. The number of hydrogen-bond donors (Lipinski definition) is 1. The van der Waals surface area contributed by atoms with Crippen LogP contribution in [0.1, 0.15) is 126 Å². The number of piperazine rings is 1. The van der Waals surface area contributed by atoms with E-state index in [4.69, 9.17) is 26.3 Å². The Kier molecular flexibility index (Phi) is 13.7. The van der Waals surface area contributed by atoms with Crippen LogP contribution in [-0.2, 0) is 16.1 Å². The molecule has 2 aromatic carbocycles. The Morgan fingerprint density at radius 2 is 1.49 bits per heavy atom. The smallest absolute Gasteiger partial charge is 0.407 e. The summed E-state index contributed by atoms with van der Waals surface area (Å²) in [5.74, 6) is 3.02. The number of benzene rings is 2. The fourth-order valence-electron chi connectivity index (χ4n) is 11.3. The van der Waals surface area contributed by atoms with Crippen LogP contribution in [0.4, 0.5) is 10.6 Å². The number of anilines is 1. The minimum atomic E-state index is -0.526. The van der Waals surface area contributed by atoms with E-state index in [0.29, 0.717) is 40.0 Å². The Morgan fingerprint density at radius 3 is 2.14 bits per heavy atom. The van der Waals surface area contributed by atoms with Crippen molar-refractivity contribution in [1.29, 1.82) is 0 Å². The molecule has 8 heterocycles. The Hall–Kier alpha value is -5.48. The van der Waals surface area contributed by atoms with Crippen LogP contribution in [0.3, 0.4) is 0 Å². The molecule has 5 aliphatic rings. The van der Waals surface area contributed by atoms with Gasteiger partial charge in [-0.3, -0.25) is 24.0 Å². The zero-order valence-electron chi connectivity index (χ0n) is 41.3. The van der Waals surface area contributed by atoms with Gasteiger partial charge < -0.3 is 24.8 Å². The van der Waals surface area contributed by atoms with Crippen LogP contribution in [-0.4, -0.2) is 127 Å². The highest BCUT2D eigenvalue weighted by atomic mass is 35.5. The third kappa shape index (κ3) is 10.3. The fourth-order valence-corrected chi connectivity index (χ4v) is 12.6. The summed E-state index contributed by atoms with van der Waals surface area (Å²) in [5.41, 5.74) is 5.99. The summed E-state index contributed by atoms with van der Waals surface area (Å²) in [6.45, 7) is 19.3. The highest BCUT2D eigenvalue weighted by Crippen LogP contribution is 2.41. The number of thiophene rings is 1. The predicted molar refractivity (Wildman–Crippen MR) is 275 cm³/mol. The number of halogens is 1. The number of likely N-dealkylation sites (tertiary alicyclic amines) is 1. The number of nitrogens with one attached hydrogen (secondary N) is 1. The number of pyridine rings is 1. The number of rotatable bonds is 11. The van der Waals surface area contributed by atoms with Crippen LogP contribution in [0.5, 0.6) is 0 Å². The van der Waals surface area contributed by atoms with Gasteiger partial charge in [0.2, 0.25) is 5.91 Å². The average molecular weight is 986 g/mol. The summed E-state index contributed by atoms with van der Waals surface area (Å²) in [6, 6.07) is 19.9. The molecule has 368 valence electrons. The lowest BCUT2D eigenvalue weighted by Crippen LogP contribution is -2.51. The molecule has 0 radical (unpaired) electrons. The van der Waals surface area contributed by atoms with Crippen molar-refractivity contribution in [2.45, 2.75) is 123 Å². The normalized spacial score (nSPS) is 22.0. The second-order valence-electron chi connectivity index (χ2n) is 21.0. The van der Waals surface area contributed by atoms with E-state index in [1.807, 2.05) is 81.1 Å². The van der Waals surface area contributed by atoms with E-state index >= 15 is 0 Å². The molecule has 2 bridgehead atoms. The topological polar surface area (TPSA) is 141 Å². The first-order valence-corrected chi connectivity index (χ1v) is 26.3. The quantitative estimate of drug-likeness (QED) is 0.128. The van der Waals surface area contributed by atoms with Gasteiger partial charge in [0, 0.05) is 109 Å². The maximum Gasteiger partial charge on any atom is 0.407 e. The largest absolute Gasteiger partial charge is 0.444 e. The van der Waals surface area contributed by atoms with Crippen molar-refractivity contribution >= 4 is 52.3 Å². The summed E-state index contributed by atoms with van der Waals surface area (Å²) < 4.78 is 7.61. The Bertz CT molecular complexity index is 2740. The van der Waals surface area contributed by atoms with Gasteiger partial charge in [0.05, 0.1) is 12.1 Å². The lowest BCUT2D eigenvalue weighted by molar-refractivity contribution is -0.133. The van der Waals surface area contributed by atoms with Crippen molar-refractivity contribution in [1.82, 2.24) is 39.8 Å². The van der Waals surface area contributed by atoms with E-state index in [1.54, 1.807) is 17.5 Å². The third-order valence-electron chi connectivity index (χ3n) is 15.0. The zero-order valence-corrected chi connectivity index (χ0v) is 42.9. The number of piperidine rings is 2. The summed E-state index contributed by atoms with van der Waals surface area (Å²) in [6.07, 6.45) is 7.38. The number of alkyl carbamates (subject to hydrolysis) is 1. The van der Waals surface area contributed by atoms with Gasteiger partial charge in [0.25, 0.3) is 0 Å². The fraction of sp³-hybridized carbons (Fsp3) is 0.500. The summed E-state index contributed by atoms with van der Waals surface area (Å²) in [4.78, 5) is 60.9. The number of nitrogens with zero attached hydrogens (tertiary/aromatic N) is 9. The van der Waals surface area contributed by atoms with Gasteiger partial charge in [-0.15, -0.1) is 21.5 Å². The van der Waals surface area contributed by atoms with Gasteiger partial charge >= 0.3 is 6.09 Å². The lowest BCUT2D eigenvalue weighted by Gasteiger charge is -2.40. The molecule has 0 saturated carbocycles. The Labute approximate surface area is 420 Å². The van der Waals surface area contributed by atoms with Crippen LogP contribution in [0.2, 0.25) is 5.02 Å². The van der Waals surface area contributed by atoms with Crippen molar-refractivity contribution in [3.63, 3.8) is 0 Å². The Morgan fingerprint density at radius 1 is 0.814 bits per heavy atom. The first kappa shape index (κ1) is 48.2. The summed E-state index contributed by atoms with van der Waals surface area (Å²) in [7, 11) is 0.